The number of nitrogens with one attached hydrogen (secondary N) is 1. The number of hydrogen-bond acceptors (Lipinski definition) is 3. The molecule has 2 aromatic carbocycles. The Labute approximate surface area is 141 Å². The monoisotopic (exact) mass is 323 g/mol. The van der Waals surface area contributed by atoms with Gasteiger partial charge in [-0.1, -0.05) is 60.7 Å². The van der Waals surface area contributed by atoms with Gasteiger partial charge in [0.25, 0.3) is 5.91 Å². The molecule has 3 rings (SSSR count). The molecule has 2 aromatic rings. The van der Waals surface area contributed by atoms with Crippen LogP contribution in [0.25, 0.3) is 0 Å². The first-order valence-electron chi connectivity index (χ1n) is 7.93. The van der Waals surface area contributed by atoms with Gasteiger partial charge in [0.05, 0.1) is 6.67 Å². The van der Waals surface area contributed by atoms with Gasteiger partial charge in [0, 0.05) is 6.54 Å². The lowest BCUT2D eigenvalue weighted by Crippen LogP contribution is -2.42. The number of benzene rings is 2. The maximum Gasteiger partial charge on any atom is 0.326 e. The average Bonchev–Trinajstić information content (AvgIpc) is 2.81. The summed E-state index contributed by atoms with van der Waals surface area (Å²) < 4.78 is 0. The van der Waals surface area contributed by atoms with Crippen LogP contribution in [-0.2, 0) is 16.9 Å². The first-order chi connectivity index (χ1) is 11.5. The first kappa shape index (κ1) is 16.2. The van der Waals surface area contributed by atoms with E-state index < -0.39 is 5.54 Å². The maximum atomic E-state index is 12.8. The molecule has 1 aliphatic rings. The highest BCUT2D eigenvalue weighted by molar-refractivity contribution is 6.07. The number of amides is 3. The summed E-state index contributed by atoms with van der Waals surface area (Å²) >= 11 is 0. The summed E-state index contributed by atoms with van der Waals surface area (Å²) in [5.74, 6) is -0.224. The molecular formula is C19H21N3O2. The zero-order valence-electron chi connectivity index (χ0n) is 13.9. The van der Waals surface area contributed by atoms with E-state index in [0.717, 1.165) is 11.1 Å². The minimum absolute atomic E-state index is 0.224. The molecule has 5 heteroatoms. The Balaban J connectivity index is 1.73. The van der Waals surface area contributed by atoms with Crippen LogP contribution < -0.4 is 5.32 Å². The zero-order valence-corrected chi connectivity index (χ0v) is 13.9. The smallest absolute Gasteiger partial charge is 0.319 e. The lowest BCUT2D eigenvalue weighted by molar-refractivity contribution is -0.132. The lowest BCUT2D eigenvalue weighted by Gasteiger charge is -2.24. The number of carbonyl (C=O) groups excluding carboxylic acids is 2. The Morgan fingerprint density at radius 3 is 2.21 bits per heavy atom. The minimum atomic E-state index is -1.01. The average molecular weight is 323 g/mol. The molecule has 0 unspecified atom stereocenters. The molecule has 0 aliphatic carbocycles. The van der Waals surface area contributed by atoms with E-state index in [1.807, 2.05) is 72.6 Å². The van der Waals surface area contributed by atoms with Crippen molar-refractivity contribution in [2.45, 2.75) is 19.0 Å². The van der Waals surface area contributed by atoms with Gasteiger partial charge in [-0.2, -0.15) is 0 Å². The summed E-state index contributed by atoms with van der Waals surface area (Å²) in [6, 6.07) is 18.9. The standard InChI is InChI=1S/C19H21N3O2/c1-19(16-11-7-4-8-12-16)17(23)22(18(24)20-19)14-21(2)13-15-9-5-3-6-10-15/h3-12H,13-14H2,1-2H3,(H,20,24)/t19-/m1/s1. The van der Waals surface area contributed by atoms with Crippen molar-refractivity contribution < 1.29 is 9.59 Å². The van der Waals surface area contributed by atoms with E-state index in [2.05, 4.69) is 5.32 Å². The van der Waals surface area contributed by atoms with Gasteiger partial charge < -0.3 is 5.32 Å². The predicted molar refractivity (Wildman–Crippen MR) is 91.9 cm³/mol. The molecule has 1 heterocycles. The number of hydrogen-bond donors (Lipinski definition) is 1. The fourth-order valence-electron chi connectivity index (χ4n) is 2.98. The summed E-state index contributed by atoms with van der Waals surface area (Å²) in [6.07, 6.45) is 0. The Kier molecular flexibility index (Phi) is 4.36. The van der Waals surface area contributed by atoms with E-state index in [9.17, 15) is 9.59 Å². The van der Waals surface area contributed by atoms with E-state index in [0.29, 0.717) is 6.54 Å². The van der Waals surface area contributed by atoms with E-state index in [1.165, 1.54) is 4.90 Å². The molecule has 0 radical (unpaired) electrons. The van der Waals surface area contributed by atoms with Crippen LogP contribution >= 0.6 is 0 Å². The zero-order chi connectivity index (χ0) is 17.2. The lowest BCUT2D eigenvalue weighted by atomic mass is 9.92. The molecule has 5 nitrogen and oxygen atoms in total. The second-order valence-corrected chi connectivity index (χ2v) is 6.30. The second-order valence-electron chi connectivity index (χ2n) is 6.30. The van der Waals surface area contributed by atoms with Gasteiger partial charge in [-0.15, -0.1) is 0 Å². The van der Waals surface area contributed by atoms with Crippen LogP contribution in [-0.4, -0.2) is 35.5 Å². The predicted octanol–water partition coefficient (Wildman–Crippen LogP) is 2.54. The minimum Gasteiger partial charge on any atom is -0.319 e. The molecule has 3 amide bonds. The quantitative estimate of drug-likeness (QED) is 0.860. The number of urea groups is 1. The van der Waals surface area contributed by atoms with Crippen LogP contribution in [0.1, 0.15) is 18.1 Å². The van der Waals surface area contributed by atoms with Crippen LogP contribution in [0.4, 0.5) is 4.79 Å². The van der Waals surface area contributed by atoms with Gasteiger partial charge in [-0.05, 0) is 25.1 Å². The normalized spacial score (nSPS) is 20.5. The summed E-state index contributed by atoms with van der Waals surface area (Å²) in [7, 11) is 1.89. The Bertz CT molecular complexity index is 733. The number of carbonyl (C=O) groups is 2. The van der Waals surface area contributed by atoms with Gasteiger partial charge in [-0.25, -0.2) is 9.69 Å². The van der Waals surface area contributed by atoms with Gasteiger partial charge in [-0.3, -0.25) is 9.69 Å². The van der Waals surface area contributed by atoms with Gasteiger partial charge in [0.2, 0.25) is 0 Å². The van der Waals surface area contributed by atoms with E-state index in [1.54, 1.807) is 6.92 Å². The van der Waals surface area contributed by atoms with Gasteiger partial charge in [0.1, 0.15) is 5.54 Å². The van der Waals surface area contributed by atoms with Gasteiger partial charge in [0.15, 0.2) is 0 Å². The van der Waals surface area contributed by atoms with Crippen LogP contribution in [0.5, 0.6) is 0 Å². The molecule has 1 N–H and O–H groups in total. The fourth-order valence-corrected chi connectivity index (χ4v) is 2.98. The van der Waals surface area contributed by atoms with Crippen molar-refractivity contribution in [1.82, 2.24) is 15.1 Å². The highest BCUT2D eigenvalue weighted by Gasteiger charge is 2.49. The molecular weight excluding hydrogens is 302 g/mol. The largest absolute Gasteiger partial charge is 0.326 e. The molecule has 1 saturated heterocycles. The molecule has 1 fully saturated rings. The topological polar surface area (TPSA) is 52.6 Å². The van der Waals surface area contributed by atoms with E-state index >= 15 is 0 Å². The second kappa shape index (κ2) is 6.45. The van der Waals surface area contributed by atoms with Crippen molar-refractivity contribution in [3.05, 3.63) is 71.8 Å². The van der Waals surface area contributed by atoms with Gasteiger partial charge >= 0.3 is 6.03 Å². The van der Waals surface area contributed by atoms with Crippen LogP contribution in [0.15, 0.2) is 60.7 Å². The summed E-state index contributed by atoms with van der Waals surface area (Å²) in [5.41, 5.74) is 0.917. The number of nitrogens with zero attached hydrogens (tertiary/aromatic N) is 2. The highest BCUT2D eigenvalue weighted by atomic mass is 16.2. The van der Waals surface area contributed by atoms with E-state index in [4.69, 9.17) is 0 Å². The SMILES string of the molecule is CN(Cc1ccccc1)CN1C(=O)N[C@](C)(c2ccccc2)C1=O. The van der Waals surface area contributed by atoms with Crippen LogP contribution in [0.2, 0.25) is 0 Å². The summed E-state index contributed by atoms with van der Waals surface area (Å²) in [4.78, 5) is 28.4. The molecule has 0 aromatic heterocycles. The van der Waals surface area contributed by atoms with Crippen molar-refractivity contribution in [2.75, 3.05) is 13.7 Å². The van der Waals surface area contributed by atoms with Crippen molar-refractivity contribution >= 4 is 11.9 Å². The summed E-state index contributed by atoms with van der Waals surface area (Å²) in [6.45, 7) is 2.67. The fraction of sp³-hybridized carbons (Fsp3) is 0.263. The Hall–Kier alpha value is -2.66. The third-order valence-corrected chi connectivity index (χ3v) is 4.30. The molecule has 124 valence electrons. The Morgan fingerprint density at radius 1 is 1.00 bits per heavy atom. The molecule has 1 aliphatic heterocycles. The Morgan fingerprint density at radius 2 is 1.58 bits per heavy atom. The third kappa shape index (κ3) is 3.03. The first-order valence-corrected chi connectivity index (χ1v) is 7.93. The van der Waals surface area contributed by atoms with Crippen LogP contribution in [0, 0.1) is 0 Å². The molecule has 0 bridgehead atoms. The third-order valence-electron chi connectivity index (χ3n) is 4.30. The maximum absolute atomic E-state index is 12.8. The van der Waals surface area contributed by atoms with Crippen molar-refractivity contribution in [1.29, 1.82) is 0 Å². The number of imide groups is 1. The molecule has 0 spiro atoms. The summed E-state index contributed by atoms with van der Waals surface area (Å²) in [5, 5.41) is 2.83. The van der Waals surface area contributed by atoms with Crippen molar-refractivity contribution in [3.8, 4) is 0 Å². The number of rotatable bonds is 5. The van der Waals surface area contributed by atoms with Crippen molar-refractivity contribution in [3.63, 3.8) is 0 Å². The van der Waals surface area contributed by atoms with Crippen molar-refractivity contribution in [2.24, 2.45) is 0 Å². The molecule has 24 heavy (non-hydrogen) atoms. The molecule has 1 atom stereocenters. The molecule has 0 saturated carbocycles. The van der Waals surface area contributed by atoms with E-state index in [-0.39, 0.29) is 18.6 Å². The highest BCUT2D eigenvalue weighted by Crippen LogP contribution is 2.28. The van der Waals surface area contributed by atoms with Crippen LogP contribution in [0.3, 0.4) is 0 Å².